The van der Waals surface area contributed by atoms with Crippen LogP contribution in [0, 0.1) is 0 Å². The molecule has 0 spiro atoms. The lowest BCUT2D eigenvalue weighted by Gasteiger charge is -2.19. The molecule has 1 heterocycles. The second-order valence-electron chi connectivity index (χ2n) is 9.19. The third-order valence-electron chi connectivity index (χ3n) is 6.31. The second kappa shape index (κ2) is 11.0. The molecule has 0 amide bonds. The third kappa shape index (κ3) is 5.57. The topological polar surface area (TPSA) is 59.7 Å². The molecule has 0 atom stereocenters. The zero-order chi connectivity index (χ0) is 24.8. The number of thioether (sulfide) groups is 1. The summed E-state index contributed by atoms with van der Waals surface area (Å²) in [6.07, 6.45) is 4.68. The van der Waals surface area contributed by atoms with Crippen LogP contribution in [0.3, 0.4) is 0 Å². The summed E-state index contributed by atoms with van der Waals surface area (Å²) in [5.41, 5.74) is 4.24. The maximum Gasteiger partial charge on any atom is 0.313 e. The number of hydrogen-bond acceptors (Lipinski definition) is 4. The van der Waals surface area contributed by atoms with Gasteiger partial charge < -0.3 is 14.3 Å². The Labute approximate surface area is 211 Å². The van der Waals surface area contributed by atoms with E-state index in [4.69, 9.17) is 9.15 Å². The van der Waals surface area contributed by atoms with E-state index in [2.05, 4.69) is 31.2 Å². The monoisotopic (exact) mass is 488 g/mol. The first-order valence-corrected chi connectivity index (χ1v) is 13.1. The molecule has 0 fully saturated rings. The van der Waals surface area contributed by atoms with Crippen molar-refractivity contribution in [2.45, 2.75) is 50.3 Å². The van der Waals surface area contributed by atoms with Crippen molar-refractivity contribution < 1.29 is 19.1 Å². The van der Waals surface area contributed by atoms with Gasteiger partial charge >= 0.3 is 5.97 Å². The van der Waals surface area contributed by atoms with Gasteiger partial charge in [-0.2, -0.15) is 0 Å². The van der Waals surface area contributed by atoms with Crippen molar-refractivity contribution in [3.63, 3.8) is 0 Å². The highest BCUT2D eigenvalue weighted by Gasteiger charge is 2.29. The van der Waals surface area contributed by atoms with Crippen molar-refractivity contribution in [2.75, 3.05) is 12.4 Å². The lowest BCUT2D eigenvalue weighted by molar-refractivity contribution is -0.142. The summed E-state index contributed by atoms with van der Waals surface area (Å²) in [6, 6.07) is 22.3. The Morgan fingerprint density at radius 1 is 1.03 bits per heavy atom. The van der Waals surface area contributed by atoms with Gasteiger partial charge in [0.2, 0.25) is 0 Å². The van der Waals surface area contributed by atoms with Crippen LogP contribution in [0.1, 0.15) is 44.7 Å². The Kier molecular flexibility index (Phi) is 7.86. The minimum Gasteiger partial charge on any atom is -0.493 e. The quantitative estimate of drug-likeness (QED) is 0.171. The standard InChI is InChI=1S/C30H32O4S/c1-4-9-25-27(17-16-24-26(20-34-28(24)25)21-10-6-5-7-11-21)33-18-8-19-35-23-14-12-22(13-15-23)30(2,3)29(31)32/h5-7,10-17,20H,4,8-9,18-19H2,1-3H3,(H,31,32). The van der Waals surface area contributed by atoms with Crippen LogP contribution in [-0.2, 0) is 16.6 Å². The Morgan fingerprint density at radius 3 is 2.46 bits per heavy atom. The molecule has 0 radical (unpaired) electrons. The maximum absolute atomic E-state index is 11.4. The maximum atomic E-state index is 11.4. The number of aryl methyl sites for hydroxylation is 1. The number of furan rings is 1. The van der Waals surface area contributed by atoms with Crippen LogP contribution in [0.5, 0.6) is 5.75 Å². The van der Waals surface area contributed by atoms with Crippen LogP contribution in [0.4, 0.5) is 0 Å². The largest absolute Gasteiger partial charge is 0.493 e. The van der Waals surface area contributed by atoms with E-state index in [-0.39, 0.29) is 0 Å². The average molecular weight is 489 g/mol. The fourth-order valence-corrected chi connectivity index (χ4v) is 4.95. The summed E-state index contributed by atoms with van der Waals surface area (Å²) in [5, 5.41) is 10.5. The number of carbonyl (C=O) groups is 1. The van der Waals surface area contributed by atoms with Crippen LogP contribution in [0.15, 0.2) is 82.3 Å². The van der Waals surface area contributed by atoms with E-state index in [0.29, 0.717) is 6.61 Å². The van der Waals surface area contributed by atoms with E-state index in [1.165, 1.54) is 0 Å². The van der Waals surface area contributed by atoms with E-state index >= 15 is 0 Å². The van der Waals surface area contributed by atoms with Crippen LogP contribution in [-0.4, -0.2) is 23.4 Å². The van der Waals surface area contributed by atoms with Crippen LogP contribution in [0.2, 0.25) is 0 Å². The van der Waals surface area contributed by atoms with Crippen molar-refractivity contribution >= 4 is 28.7 Å². The summed E-state index contributed by atoms with van der Waals surface area (Å²) in [6.45, 7) is 6.25. The van der Waals surface area contributed by atoms with E-state index in [1.54, 1.807) is 25.6 Å². The van der Waals surface area contributed by atoms with E-state index in [9.17, 15) is 9.90 Å². The number of rotatable bonds is 11. The van der Waals surface area contributed by atoms with Crippen molar-refractivity contribution in [3.8, 4) is 16.9 Å². The van der Waals surface area contributed by atoms with Crippen molar-refractivity contribution in [1.29, 1.82) is 0 Å². The third-order valence-corrected chi connectivity index (χ3v) is 7.41. The predicted octanol–water partition coefficient (Wildman–Crippen LogP) is 7.98. The molecular weight excluding hydrogens is 456 g/mol. The lowest BCUT2D eigenvalue weighted by Crippen LogP contribution is -2.28. The normalized spacial score (nSPS) is 11.6. The van der Waals surface area contributed by atoms with Gasteiger partial charge in [-0.1, -0.05) is 55.8 Å². The first-order chi connectivity index (χ1) is 16.9. The molecule has 4 rings (SSSR count). The summed E-state index contributed by atoms with van der Waals surface area (Å²) in [5.74, 6) is 1.01. The number of benzene rings is 3. The van der Waals surface area contributed by atoms with E-state index in [1.807, 2.05) is 48.7 Å². The molecule has 1 aromatic heterocycles. The molecule has 0 bridgehead atoms. The molecule has 4 aromatic rings. The van der Waals surface area contributed by atoms with Crippen LogP contribution < -0.4 is 4.74 Å². The Balaban J connectivity index is 1.37. The van der Waals surface area contributed by atoms with Gasteiger partial charge in [-0.05, 0) is 62.1 Å². The fourth-order valence-electron chi connectivity index (χ4n) is 4.12. The summed E-state index contributed by atoms with van der Waals surface area (Å²) >= 11 is 1.76. The molecule has 35 heavy (non-hydrogen) atoms. The number of aliphatic carboxylic acids is 1. The molecule has 0 saturated heterocycles. The highest BCUT2D eigenvalue weighted by molar-refractivity contribution is 7.99. The Morgan fingerprint density at radius 2 is 1.77 bits per heavy atom. The minimum absolute atomic E-state index is 0.631. The molecule has 3 aromatic carbocycles. The Hall–Kier alpha value is -3.18. The van der Waals surface area contributed by atoms with Crippen LogP contribution in [0.25, 0.3) is 22.1 Å². The highest BCUT2D eigenvalue weighted by Crippen LogP contribution is 2.37. The first kappa shape index (κ1) is 24.9. The van der Waals surface area contributed by atoms with E-state index in [0.717, 1.165) is 68.9 Å². The smallest absolute Gasteiger partial charge is 0.313 e. The molecular formula is C30H32O4S. The number of carboxylic acids is 1. The van der Waals surface area contributed by atoms with Crippen molar-refractivity contribution in [2.24, 2.45) is 0 Å². The van der Waals surface area contributed by atoms with E-state index < -0.39 is 11.4 Å². The zero-order valence-corrected chi connectivity index (χ0v) is 21.4. The SMILES string of the molecule is CCCc1c(OCCCSc2ccc(C(C)(C)C(=O)O)cc2)ccc2c(-c3ccccc3)coc12. The fraction of sp³-hybridized carbons (Fsp3) is 0.300. The molecule has 182 valence electrons. The summed E-state index contributed by atoms with van der Waals surface area (Å²) in [4.78, 5) is 12.6. The average Bonchev–Trinajstić information content (AvgIpc) is 3.30. The van der Waals surface area contributed by atoms with Gasteiger partial charge in [0, 0.05) is 27.2 Å². The van der Waals surface area contributed by atoms with Gasteiger partial charge in [-0.25, -0.2) is 0 Å². The minimum atomic E-state index is -0.885. The summed E-state index contributed by atoms with van der Waals surface area (Å²) < 4.78 is 12.2. The van der Waals surface area contributed by atoms with Gasteiger partial charge in [0.15, 0.2) is 0 Å². The number of ether oxygens (including phenoxy) is 1. The van der Waals surface area contributed by atoms with Crippen molar-refractivity contribution in [3.05, 3.63) is 84.1 Å². The molecule has 0 aliphatic rings. The predicted molar refractivity (Wildman–Crippen MR) is 144 cm³/mol. The zero-order valence-electron chi connectivity index (χ0n) is 20.5. The molecule has 0 aliphatic heterocycles. The Bertz CT molecular complexity index is 1270. The molecule has 4 nitrogen and oxygen atoms in total. The molecule has 0 unspecified atom stereocenters. The van der Waals surface area contributed by atoms with Gasteiger partial charge in [0.05, 0.1) is 18.3 Å². The highest BCUT2D eigenvalue weighted by atomic mass is 32.2. The lowest BCUT2D eigenvalue weighted by atomic mass is 9.85. The first-order valence-electron chi connectivity index (χ1n) is 12.1. The molecule has 1 N–H and O–H groups in total. The number of hydrogen-bond donors (Lipinski definition) is 1. The van der Waals surface area contributed by atoms with Gasteiger partial charge in [-0.15, -0.1) is 11.8 Å². The van der Waals surface area contributed by atoms with Crippen LogP contribution >= 0.6 is 11.8 Å². The second-order valence-corrected chi connectivity index (χ2v) is 10.4. The number of fused-ring (bicyclic) bond motifs is 1. The summed E-state index contributed by atoms with van der Waals surface area (Å²) in [7, 11) is 0. The molecule has 0 saturated carbocycles. The number of carboxylic acid groups (broad SMARTS) is 1. The van der Waals surface area contributed by atoms with Gasteiger partial charge in [-0.3, -0.25) is 4.79 Å². The molecule has 5 heteroatoms. The van der Waals surface area contributed by atoms with Crippen molar-refractivity contribution in [1.82, 2.24) is 0 Å². The molecule has 0 aliphatic carbocycles. The van der Waals surface area contributed by atoms with Gasteiger partial charge in [0.25, 0.3) is 0 Å². The van der Waals surface area contributed by atoms with Gasteiger partial charge in [0.1, 0.15) is 11.3 Å².